The molecule has 0 amide bonds. The highest BCUT2D eigenvalue weighted by atomic mass is 31.2. The normalized spacial score (nSPS) is 22.8. The van der Waals surface area contributed by atoms with Crippen LogP contribution in [0, 0.1) is 0 Å². The first kappa shape index (κ1) is 54.1. The molecular weight excluding hydrogens is 767 g/mol. The largest absolute Gasteiger partial charge is 0.472 e. The number of hydrogen-bond acceptors (Lipinski definition) is 12. The van der Waals surface area contributed by atoms with Gasteiger partial charge in [-0.25, -0.2) is 9.36 Å². The van der Waals surface area contributed by atoms with Crippen molar-refractivity contribution in [3.05, 3.63) is 36.5 Å². The first-order chi connectivity index (χ1) is 27.9. The van der Waals surface area contributed by atoms with Crippen molar-refractivity contribution < 1.29 is 63.1 Å². The van der Waals surface area contributed by atoms with E-state index in [4.69, 9.17) is 18.5 Å². The molecule has 6 unspecified atom stereocenters. The van der Waals surface area contributed by atoms with Gasteiger partial charge in [0.1, 0.15) is 43.2 Å². The van der Waals surface area contributed by atoms with Crippen molar-refractivity contribution in [3.63, 3.8) is 0 Å². The molecule has 0 saturated heterocycles. The van der Waals surface area contributed by atoms with Crippen molar-refractivity contribution in [1.29, 1.82) is 0 Å². The molecule has 1 rings (SSSR count). The van der Waals surface area contributed by atoms with Crippen LogP contribution in [-0.2, 0) is 32.7 Å². The Morgan fingerprint density at radius 2 is 1.00 bits per heavy atom. The van der Waals surface area contributed by atoms with Crippen LogP contribution in [0.2, 0.25) is 0 Å². The van der Waals surface area contributed by atoms with Crippen LogP contribution in [0.5, 0.6) is 0 Å². The predicted molar refractivity (Wildman–Crippen MR) is 226 cm³/mol. The van der Waals surface area contributed by atoms with E-state index in [0.29, 0.717) is 6.42 Å². The summed E-state index contributed by atoms with van der Waals surface area (Å²) >= 11 is 0. The Bertz CT molecular complexity index is 1160. The minimum atomic E-state index is -5.14. The second-order valence-electron chi connectivity index (χ2n) is 15.6. The van der Waals surface area contributed by atoms with Gasteiger partial charge in [0.2, 0.25) is 0 Å². The third-order valence-corrected chi connectivity index (χ3v) is 11.3. The first-order valence-electron chi connectivity index (χ1n) is 22.3. The summed E-state index contributed by atoms with van der Waals surface area (Å²) in [6.07, 6.45) is 25.5. The Balaban J connectivity index is 2.54. The number of phosphoric acid groups is 1. The van der Waals surface area contributed by atoms with Gasteiger partial charge in [0.25, 0.3) is 0 Å². The molecule has 1 fully saturated rings. The zero-order chi connectivity index (χ0) is 42.9. The molecule has 6 N–H and O–H groups in total. The van der Waals surface area contributed by atoms with E-state index in [1.165, 1.54) is 96.0 Å². The number of phosphoric ester groups is 1. The lowest BCUT2D eigenvalue weighted by molar-refractivity contribution is -0.220. The number of allylic oxidation sites excluding steroid dienone is 5. The summed E-state index contributed by atoms with van der Waals surface area (Å²) in [5.41, 5.74) is 0. The van der Waals surface area contributed by atoms with E-state index < -0.39 is 75.7 Å². The van der Waals surface area contributed by atoms with Crippen LogP contribution in [0.15, 0.2) is 36.5 Å². The molecule has 0 aromatic rings. The van der Waals surface area contributed by atoms with Crippen molar-refractivity contribution in [3.8, 4) is 0 Å². The van der Waals surface area contributed by atoms with Gasteiger partial charge >= 0.3 is 19.8 Å². The average molecular weight is 847 g/mol. The maximum atomic E-state index is 12.8. The Hall–Kier alpha value is -1.93. The lowest BCUT2D eigenvalue weighted by Gasteiger charge is -2.41. The van der Waals surface area contributed by atoms with Crippen LogP contribution in [0.1, 0.15) is 174 Å². The van der Waals surface area contributed by atoms with Crippen LogP contribution < -0.4 is 0 Å². The van der Waals surface area contributed by atoms with Crippen LogP contribution >= 0.6 is 7.82 Å². The summed E-state index contributed by atoms with van der Waals surface area (Å²) in [6.45, 7) is 3.17. The van der Waals surface area contributed by atoms with Gasteiger partial charge in [-0.3, -0.25) is 13.8 Å². The molecule has 0 spiro atoms. The Morgan fingerprint density at radius 1 is 0.569 bits per heavy atom. The number of hydrogen-bond donors (Lipinski definition) is 6. The number of carbonyl (C=O) groups excluding carboxylic acids is 2. The van der Waals surface area contributed by atoms with Crippen LogP contribution in [-0.4, -0.2) is 98.3 Å². The molecule has 0 aromatic carbocycles. The highest BCUT2D eigenvalue weighted by Crippen LogP contribution is 2.47. The molecule has 58 heavy (non-hydrogen) atoms. The van der Waals surface area contributed by atoms with Crippen LogP contribution in [0.4, 0.5) is 0 Å². The van der Waals surface area contributed by atoms with Crippen molar-refractivity contribution in [2.24, 2.45) is 0 Å². The fraction of sp³-hybridized carbons (Fsp3) is 0.818. The number of rotatable bonds is 36. The Labute approximate surface area is 348 Å². The van der Waals surface area contributed by atoms with Crippen molar-refractivity contribution >= 4 is 19.8 Å². The summed E-state index contributed by atoms with van der Waals surface area (Å²) in [6, 6.07) is 0. The topological polar surface area (TPSA) is 210 Å². The molecule has 0 radical (unpaired) electrons. The molecule has 8 atom stereocenters. The van der Waals surface area contributed by atoms with Gasteiger partial charge in [0.05, 0.1) is 6.61 Å². The third kappa shape index (κ3) is 27.0. The monoisotopic (exact) mass is 847 g/mol. The van der Waals surface area contributed by atoms with E-state index in [-0.39, 0.29) is 6.42 Å². The standard InChI is InChI=1S/C44H79O13P/c1-3-5-7-9-11-13-15-17-19-21-22-24-26-28-30-32-37(45)54-34-36(35-55-58(52,53)57-44-42(50)40(48)39(47)41(49)43(44)51)56-38(46)33-31-29-27-25-23-20-18-16-14-12-10-8-6-4-2/h16,18,26,28,30,32,36,39-44,47-51H,3-15,17,19-25,27,29,31,33-35H2,1-2H3,(H,52,53)/b18-16+,28-26+,32-30+/t36-,39?,40-,41?,42?,43?,44?/m0/s1. The van der Waals surface area contributed by atoms with E-state index in [9.17, 15) is 44.6 Å². The lowest BCUT2D eigenvalue weighted by Crippen LogP contribution is -2.64. The molecule has 1 aliphatic rings. The fourth-order valence-corrected chi connectivity index (χ4v) is 7.64. The minimum Gasteiger partial charge on any atom is -0.458 e. The number of ether oxygens (including phenoxy) is 2. The smallest absolute Gasteiger partial charge is 0.458 e. The summed E-state index contributed by atoms with van der Waals surface area (Å²) in [5.74, 6) is -1.36. The zero-order valence-electron chi connectivity index (χ0n) is 35.6. The van der Waals surface area contributed by atoms with E-state index in [2.05, 4.69) is 26.0 Å². The van der Waals surface area contributed by atoms with Gasteiger partial charge in [0, 0.05) is 12.5 Å². The number of carbonyl (C=O) groups is 2. The summed E-state index contributed by atoms with van der Waals surface area (Å²) in [4.78, 5) is 35.5. The van der Waals surface area contributed by atoms with E-state index in [0.717, 1.165) is 57.8 Å². The lowest BCUT2D eigenvalue weighted by atomic mass is 9.85. The number of aliphatic hydroxyl groups excluding tert-OH is 5. The van der Waals surface area contributed by atoms with E-state index in [1.807, 2.05) is 6.08 Å². The Morgan fingerprint density at radius 3 is 1.50 bits per heavy atom. The highest BCUT2D eigenvalue weighted by molar-refractivity contribution is 7.47. The van der Waals surface area contributed by atoms with Crippen molar-refractivity contribution in [2.75, 3.05) is 13.2 Å². The third-order valence-electron chi connectivity index (χ3n) is 10.3. The highest BCUT2D eigenvalue weighted by Gasteiger charge is 2.51. The van der Waals surface area contributed by atoms with Gasteiger partial charge in [-0.1, -0.05) is 153 Å². The van der Waals surface area contributed by atoms with Gasteiger partial charge in [-0.05, 0) is 44.9 Å². The molecule has 0 aromatic heterocycles. The first-order valence-corrected chi connectivity index (χ1v) is 23.8. The Kier molecular flexibility index (Phi) is 32.4. The van der Waals surface area contributed by atoms with Crippen LogP contribution in [0.3, 0.4) is 0 Å². The fourth-order valence-electron chi connectivity index (χ4n) is 6.67. The molecule has 13 nitrogen and oxygen atoms in total. The zero-order valence-corrected chi connectivity index (χ0v) is 36.5. The molecule has 14 heteroatoms. The van der Waals surface area contributed by atoms with E-state index >= 15 is 0 Å². The quantitative estimate of drug-likeness (QED) is 0.00878. The van der Waals surface area contributed by atoms with Gasteiger partial charge in [-0.15, -0.1) is 0 Å². The second-order valence-corrected chi connectivity index (χ2v) is 17.0. The molecule has 1 saturated carbocycles. The molecule has 0 heterocycles. The number of unbranched alkanes of at least 4 members (excludes halogenated alkanes) is 21. The second kappa shape index (κ2) is 34.7. The van der Waals surface area contributed by atoms with Gasteiger partial charge in [0.15, 0.2) is 6.10 Å². The summed E-state index contributed by atoms with van der Waals surface area (Å²) in [5, 5.41) is 50.0. The SMILES string of the molecule is CCCCCCC/C=C/CCCCCCCC(=O)O[C@@H](COC(=O)/C=C/C=C/CCCCCCCCCCCCC)COP(=O)(O)OC1C(O)C(O)C(O)[C@H](O)C1O. The summed E-state index contributed by atoms with van der Waals surface area (Å²) in [7, 11) is -5.14. The molecule has 338 valence electrons. The predicted octanol–water partition coefficient (Wildman–Crippen LogP) is 8.22. The minimum absolute atomic E-state index is 0.0675. The van der Waals surface area contributed by atoms with Crippen molar-refractivity contribution in [1.82, 2.24) is 0 Å². The van der Waals surface area contributed by atoms with Gasteiger partial charge < -0.3 is 39.9 Å². The molecular formula is C44H79O13P. The van der Waals surface area contributed by atoms with Crippen molar-refractivity contribution in [2.45, 2.75) is 217 Å². The summed E-state index contributed by atoms with van der Waals surface area (Å²) < 4.78 is 33.3. The molecule has 1 aliphatic carbocycles. The van der Waals surface area contributed by atoms with E-state index in [1.54, 1.807) is 12.2 Å². The maximum absolute atomic E-state index is 12.8. The number of aliphatic hydroxyl groups is 5. The maximum Gasteiger partial charge on any atom is 0.472 e. The average Bonchev–Trinajstić information content (AvgIpc) is 3.20. The van der Waals surface area contributed by atoms with Crippen LogP contribution in [0.25, 0.3) is 0 Å². The molecule has 0 bridgehead atoms. The molecule has 0 aliphatic heterocycles. The number of esters is 2. The van der Waals surface area contributed by atoms with Gasteiger partial charge in [-0.2, -0.15) is 0 Å².